The molecule has 3 aromatic rings. The summed E-state index contributed by atoms with van der Waals surface area (Å²) in [6, 6.07) is 13.9. The van der Waals surface area contributed by atoms with Crippen LogP contribution in [0.4, 0.5) is 0 Å². The van der Waals surface area contributed by atoms with E-state index in [1.807, 2.05) is 25.1 Å². The smallest absolute Gasteiger partial charge is 0.258 e. The molecule has 1 aliphatic carbocycles. The van der Waals surface area contributed by atoms with Crippen molar-refractivity contribution in [1.82, 2.24) is 15.3 Å². The van der Waals surface area contributed by atoms with Crippen molar-refractivity contribution < 1.29 is 4.79 Å². The first-order chi connectivity index (χ1) is 14.1. The van der Waals surface area contributed by atoms with Crippen LogP contribution in [0.2, 0.25) is 0 Å². The summed E-state index contributed by atoms with van der Waals surface area (Å²) < 4.78 is 0. The van der Waals surface area contributed by atoms with Crippen LogP contribution < -0.4 is 10.9 Å². The van der Waals surface area contributed by atoms with Crippen molar-refractivity contribution in [3.05, 3.63) is 75.3 Å². The van der Waals surface area contributed by atoms with Crippen molar-refractivity contribution in [2.24, 2.45) is 0 Å². The predicted octanol–water partition coefficient (Wildman–Crippen LogP) is 4.00. The maximum Gasteiger partial charge on any atom is 0.258 e. The van der Waals surface area contributed by atoms with E-state index in [2.05, 4.69) is 33.5 Å². The molecule has 2 aromatic carbocycles. The number of nitrogens with one attached hydrogen (secondary N) is 2. The number of para-hydroxylation sites is 1. The molecule has 1 heterocycles. The van der Waals surface area contributed by atoms with Gasteiger partial charge in [-0.05, 0) is 67.9 Å². The van der Waals surface area contributed by atoms with Gasteiger partial charge in [0.2, 0.25) is 5.91 Å². The monoisotopic (exact) mass is 389 g/mol. The fourth-order valence-corrected chi connectivity index (χ4v) is 4.09. The minimum atomic E-state index is -0.129. The summed E-state index contributed by atoms with van der Waals surface area (Å²) in [6.45, 7) is 2.03. The van der Waals surface area contributed by atoms with Gasteiger partial charge in [0.05, 0.1) is 16.9 Å². The molecule has 0 saturated heterocycles. The molecule has 5 heteroatoms. The summed E-state index contributed by atoms with van der Waals surface area (Å²) in [5.41, 5.74) is 4.61. The van der Waals surface area contributed by atoms with Crippen molar-refractivity contribution in [2.45, 2.75) is 57.9 Å². The second-order valence-electron chi connectivity index (χ2n) is 7.91. The van der Waals surface area contributed by atoms with Gasteiger partial charge in [-0.1, -0.05) is 30.3 Å². The number of amides is 1. The first kappa shape index (κ1) is 19.4. The number of aromatic amines is 1. The van der Waals surface area contributed by atoms with Gasteiger partial charge in [-0.2, -0.15) is 0 Å². The zero-order valence-corrected chi connectivity index (χ0v) is 16.8. The maximum atomic E-state index is 12.4. The van der Waals surface area contributed by atoms with Gasteiger partial charge in [-0.3, -0.25) is 9.59 Å². The largest absolute Gasteiger partial charge is 0.350 e. The van der Waals surface area contributed by atoms with Gasteiger partial charge in [0.15, 0.2) is 0 Å². The average Bonchev–Trinajstić information content (AvgIpc) is 2.73. The Bertz CT molecular complexity index is 1090. The molecule has 0 saturated carbocycles. The number of fused-ring (bicyclic) bond motifs is 2. The first-order valence-corrected chi connectivity index (χ1v) is 10.5. The Labute approximate surface area is 170 Å². The van der Waals surface area contributed by atoms with E-state index in [-0.39, 0.29) is 17.5 Å². The number of carbonyl (C=O) groups is 1. The van der Waals surface area contributed by atoms with Crippen molar-refractivity contribution in [2.75, 3.05) is 0 Å². The van der Waals surface area contributed by atoms with Crippen molar-refractivity contribution >= 4 is 16.8 Å². The first-order valence-electron chi connectivity index (χ1n) is 10.5. The van der Waals surface area contributed by atoms with Crippen molar-refractivity contribution in [3.63, 3.8) is 0 Å². The van der Waals surface area contributed by atoms with Crippen molar-refractivity contribution in [3.8, 4) is 0 Å². The molecule has 1 unspecified atom stereocenters. The fourth-order valence-electron chi connectivity index (χ4n) is 4.09. The highest BCUT2D eigenvalue weighted by molar-refractivity contribution is 5.77. The molecule has 0 fully saturated rings. The Morgan fingerprint density at radius 2 is 1.93 bits per heavy atom. The second-order valence-corrected chi connectivity index (χ2v) is 7.91. The lowest BCUT2D eigenvalue weighted by atomic mass is 9.89. The zero-order valence-electron chi connectivity index (χ0n) is 16.8. The van der Waals surface area contributed by atoms with E-state index in [1.165, 1.54) is 36.0 Å². The molecule has 0 aliphatic heterocycles. The third-order valence-corrected chi connectivity index (χ3v) is 5.73. The van der Waals surface area contributed by atoms with Gasteiger partial charge < -0.3 is 10.3 Å². The van der Waals surface area contributed by atoms with E-state index in [0.29, 0.717) is 36.0 Å². The van der Waals surface area contributed by atoms with E-state index >= 15 is 0 Å². The zero-order chi connectivity index (χ0) is 20.2. The molecule has 150 valence electrons. The van der Waals surface area contributed by atoms with Crippen LogP contribution in [0, 0.1) is 0 Å². The minimum Gasteiger partial charge on any atom is -0.350 e. The summed E-state index contributed by atoms with van der Waals surface area (Å²) >= 11 is 0. The van der Waals surface area contributed by atoms with Crippen LogP contribution in [0.3, 0.4) is 0 Å². The molecule has 1 amide bonds. The Hall–Kier alpha value is -2.95. The summed E-state index contributed by atoms with van der Waals surface area (Å²) in [4.78, 5) is 31.8. The summed E-state index contributed by atoms with van der Waals surface area (Å²) in [5.74, 6) is 0.655. The van der Waals surface area contributed by atoms with Crippen LogP contribution >= 0.6 is 0 Å². The number of aryl methyl sites for hydroxylation is 3. The topological polar surface area (TPSA) is 74.8 Å². The number of H-pyrrole nitrogens is 1. The highest BCUT2D eigenvalue weighted by Gasteiger charge is 2.14. The van der Waals surface area contributed by atoms with Gasteiger partial charge in [0.25, 0.3) is 5.56 Å². The molecule has 29 heavy (non-hydrogen) atoms. The highest BCUT2D eigenvalue weighted by atomic mass is 16.1. The Morgan fingerprint density at radius 1 is 1.14 bits per heavy atom. The molecule has 1 aromatic heterocycles. The molecular weight excluding hydrogens is 362 g/mol. The normalized spacial score (nSPS) is 14.4. The summed E-state index contributed by atoms with van der Waals surface area (Å²) in [5, 5.41) is 3.69. The quantitative estimate of drug-likeness (QED) is 0.669. The van der Waals surface area contributed by atoms with E-state index in [0.717, 1.165) is 6.42 Å². The Kier molecular flexibility index (Phi) is 5.74. The lowest BCUT2D eigenvalue weighted by Crippen LogP contribution is -2.26. The van der Waals surface area contributed by atoms with Crippen LogP contribution in [-0.4, -0.2) is 15.9 Å². The standard InChI is InChI=1S/C24H27N3O2/c1-16(18-14-13-17-7-2-3-8-19(17)15-18)25-23(28)12-6-11-22-26-21-10-5-4-9-20(21)24(29)27-22/h4-5,9-10,13-16H,2-3,6-8,11-12H2,1H3,(H,25,28)(H,26,27,29). The van der Waals surface area contributed by atoms with Crippen LogP contribution in [0.15, 0.2) is 47.3 Å². The number of carbonyl (C=O) groups excluding carboxylic acids is 1. The molecule has 0 bridgehead atoms. The third kappa shape index (κ3) is 4.56. The van der Waals surface area contributed by atoms with Crippen LogP contribution in [0.5, 0.6) is 0 Å². The number of hydrogen-bond donors (Lipinski definition) is 2. The highest BCUT2D eigenvalue weighted by Crippen LogP contribution is 2.24. The summed E-state index contributed by atoms with van der Waals surface area (Å²) in [6.07, 6.45) is 6.46. The number of rotatable bonds is 6. The molecule has 0 spiro atoms. The molecule has 1 atom stereocenters. The molecule has 4 rings (SSSR count). The molecule has 5 nitrogen and oxygen atoms in total. The second kappa shape index (κ2) is 8.60. The maximum absolute atomic E-state index is 12.4. The Morgan fingerprint density at radius 3 is 2.79 bits per heavy atom. The average molecular weight is 389 g/mol. The van der Waals surface area contributed by atoms with Gasteiger partial charge >= 0.3 is 0 Å². The fraction of sp³-hybridized carbons (Fsp3) is 0.375. The predicted molar refractivity (Wildman–Crippen MR) is 115 cm³/mol. The number of nitrogens with zero attached hydrogens (tertiary/aromatic N) is 1. The lowest BCUT2D eigenvalue weighted by Gasteiger charge is -2.20. The van der Waals surface area contributed by atoms with E-state index < -0.39 is 0 Å². The van der Waals surface area contributed by atoms with E-state index in [9.17, 15) is 9.59 Å². The van der Waals surface area contributed by atoms with Crippen molar-refractivity contribution in [1.29, 1.82) is 0 Å². The number of benzene rings is 2. The molecular formula is C24H27N3O2. The number of aromatic nitrogens is 2. The van der Waals surface area contributed by atoms with E-state index in [4.69, 9.17) is 0 Å². The molecule has 2 N–H and O–H groups in total. The van der Waals surface area contributed by atoms with E-state index in [1.54, 1.807) is 6.07 Å². The number of hydrogen-bond acceptors (Lipinski definition) is 3. The van der Waals surface area contributed by atoms with Gasteiger partial charge in [-0.15, -0.1) is 0 Å². The SMILES string of the molecule is CC(NC(=O)CCCc1nc2ccccc2c(=O)[nH]1)c1ccc2c(c1)CCCC2. The molecule has 0 radical (unpaired) electrons. The summed E-state index contributed by atoms with van der Waals surface area (Å²) in [7, 11) is 0. The Balaban J connectivity index is 1.31. The van der Waals surface area contributed by atoms with Gasteiger partial charge in [-0.25, -0.2) is 4.98 Å². The van der Waals surface area contributed by atoms with Crippen LogP contribution in [-0.2, 0) is 24.1 Å². The van der Waals surface area contributed by atoms with Gasteiger partial charge in [0, 0.05) is 12.8 Å². The third-order valence-electron chi connectivity index (χ3n) is 5.73. The minimum absolute atomic E-state index is 0.00618. The lowest BCUT2D eigenvalue weighted by molar-refractivity contribution is -0.121. The van der Waals surface area contributed by atoms with Crippen LogP contribution in [0.25, 0.3) is 10.9 Å². The van der Waals surface area contributed by atoms with Gasteiger partial charge in [0.1, 0.15) is 5.82 Å². The molecule has 1 aliphatic rings. The van der Waals surface area contributed by atoms with Crippen LogP contribution in [0.1, 0.15) is 61.2 Å².